The first-order chi connectivity index (χ1) is 16.3. The molecule has 1 aliphatic heterocycles. The molecule has 0 aliphatic carbocycles. The van der Waals surface area contributed by atoms with E-state index in [0.29, 0.717) is 43.2 Å². The van der Waals surface area contributed by atoms with E-state index in [-0.39, 0.29) is 16.6 Å². The summed E-state index contributed by atoms with van der Waals surface area (Å²) < 4.78 is 45.3. The molecule has 3 aromatic carbocycles. The van der Waals surface area contributed by atoms with Crippen molar-refractivity contribution in [3.8, 4) is 5.75 Å². The Balaban J connectivity index is 1.40. The van der Waals surface area contributed by atoms with Crippen molar-refractivity contribution in [3.05, 3.63) is 84.2 Å². The molecule has 1 saturated heterocycles. The normalized spacial score (nSPS) is 14.1. The largest absolute Gasteiger partial charge is 0.497 e. The van der Waals surface area contributed by atoms with Gasteiger partial charge < -0.3 is 14.5 Å². The number of rotatable bonds is 6. The lowest BCUT2D eigenvalue weighted by atomic mass is 10.1. The molecule has 1 heterocycles. The fraction of sp³-hybridized carbons (Fsp3) is 0.240. The van der Waals surface area contributed by atoms with Crippen molar-refractivity contribution in [2.75, 3.05) is 49.5 Å². The molecular weight excluding hydrogens is 457 g/mol. The second kappa shape index (κ2) is 9.72. The van der Waals surface area contributed by atoms with Crippen LogP contribution in [0.3, 0.4) is 0 Å². The van der Waals surface area contributed by atoms with E-state index < -0.39 is 10.0 Å². The maximum absolute atomic E-state index is 13.2. The van der Waals surface area contributed by atoms with E-state index in [1.165, 1.54) is 42.7 Å². The number of anilines is 2. The molecule has 0 bridgehead atoms. The Morgan fingerprint density at radius 3 is 2.03 bits per heavy atom. The molecule has 178 valence electrons. The summed E-state index contributed by atoms with van der Waals surface area (Å²) in [6.45, 7) is 2.39. The van der Waals surface area contributed by atoms with Gasteiger partial charge in [0.2, 0.25) is 0 Å². The molecule has 1 amide bonds. The van der Waals surface area contributed by atoms with Crippen LogP contribution in [-0.2, 0) is 10.0 Å². The second-order valence-electron chi connectivity index (χ2n) is 7.95. The lowest BCUT2D eigenvalue weighted by Gasteiger charge is -2.36. The zero-order valence-electron chi connectivity index (χ0n) is 19.0. The third-order valence-electron chi connectivity index (χ3n) is 5.95. The van der Waals surface area contributed by atoms with Crippen LogP contribution in [0.25, 0.3) is 0 Å². The molecule has 0 aromatic heterocycles. The van der Waals surface area contributed by atoms with Gasteiger partial charge in [0, 0.05) is 44.5 Å². The van der Waals surface area contributed by atoms with Crippen molar-refractivity contribution < 1.29 is 22.3 Å². The molecule has 3 aromatic rings. The number of hydrogen-bond donors (Lipinski definition) is 0. The van der Waals surface area contributed by atoms with Crippen LogP contribution >= 0.6 is 0 Å². The fourth-order valence-electron chi connectivity index (χ4n) is 3.86. The lowest BCUT2D eigenvalue weighted by molar-refractivity contribution is 0.0747. The first-order valence-corrected chi connectivity index (χ1v) is 12.3. The van der Waals surface area contributed by atoms with Gasteiger partial charge in [0.1, 0.15) is 11.6 Å². The molecule has 0 radical (unpaired) electrons. The van der Waals surface area contributed by atoms with Gasteiger partial charge >= 0.3 is 0 Å². The average molecular weight is 484 g/mol. The Bertz CT molecular complexity index is 1240. The number of ether oxygens (including phenoxy) is 1. The highest BCUT2D eigenvalue weighted by atomic mass is 32.2. The Morgan fingerprint density at radius 2 is 1.47 bits per heavy atom. The number of carbonyl (C=O) groups is 1. The topological polar surface area (TPSA) is 70.2 Å². The maximum atomic E-state index is 13.2. The Morgan fingerprint density at radius 1 is 0.882 bits per heavy atom. The summed E-state index contributed by atoms with van der Waals surface area (Å²) in [5.41, 5.74) is 1.88. The number of nitrogens with zero attached hydrogens (tertiary/aromatic N) is 3. The van der Waals surface area contributed by atoms with E-state index in [1.807, 2.05) is 0 Å². The predicted molar refractivity (Wildman–Crippen MR) is 130 cm³/mol. The monoisotopic (exact) mass is 483 g/mol. The average Bonchev–Trinajstić information content (AvgIpc) is 2.88. The van der Waals surface area contributed by atoms with Gasteiger partial charge in [0.15, 0.2) is 0 Å². The summed E-state index contributed by atoms with van der Waals surface area (Å²) in [6, 6.07) is 19.1. The first-order valence-electron chi connectivity index (χ1n) is 10.8. The molecule has 0 saturated carbocycles. The zero-order chi connectivity index (χ0) is 24.3. The van der Waals surface area contributed by atoms with Gasteiger partial charge in [0.05, 0.1) is 17.7 Å². The van der Waals surface area contributed by atoms with Gasteiger partial charge in [-0.25, -0.2) is 12.8 Å². The molecule has 0 unspecified atom stereocenters. The summed E-state index contributed by atoms with van der Waals surface area (Å²) in [6.07, 6.45) is 0. The molecule has 0 atom stereocenters. The van der Waals surface area contributed by atoms with Crippen molar-refractivity contribution in [3.63, 3.8) is 0 Å². The van der Waals surface area contributed by atoms with Crippen molar-refractivity contribution >= 4 is 27.3 Å². The predicted octanol–water partition coefficient (Wildman–Crippen LogP) is 3.62. The van der Waals surface area contributed by atoms with Gasteiger partial charge in [-0.3, -0.25) is 9.10 Å². The molecule has 9 heteroatoms. The van der Waals surface area contributed by atoms with Gasteiger partial charge in [-0.2, -0.15) is 0 Å². The number of piperazine rings is 1. The summed E-state index contributed by atoms with van der Waals surface area (Å²) in [4.78, 5) is 17.0. The van der Waals surface area contributed by atoms with E-state index in [4.69, 9.17) is 4.74 Å². The first kappa shape index (κ1) is 23.6. The molecular formula is C25H26FN3O4S. The van der Waals surface area contributed by atoms with Crippen LogP contribution in [0.15, 0.2) is 77.7 Å². The molecule has 0 spiro atoms. The van der Waals surface area contributed by atoms with Crippen LogP contribution in [0.4, 0.5) is 15.8 Å². The Kier molecular flexibility index (Phi) is 6.74. The number of benzene rings is 3. The van der Waals surface area contributed by atoms with Gasteiger partial charge in [0.25, 0.3) is 15.9 Å². The third kappa shape index (κ3) is 4.84. The van der Waals surface area contributed by atoms with Crippen LogP contribution in [0.5, 0.6) is 5.75 Å². The van der Waals surface area contributed by atoms with E-state index in [9.17, 15) is 17.6 Å². The van der Waals surface area contributed by atoms with Crippen molar-refractivity contribution in [1.82, 2.24) is 4.90 Å². The molecule has 1 aliphatic rings. The van der Waals surface area contributed by atoms with E-state index in [1.54, 1.807) is 53.4 Å². The van der Waals surface area contributed by atoms with Crippen molar-refractivity contribution in [2.24, 2.45) is 0 Å². The van der Waals surface area contributed by atoms with Gasteiger partial charge in [-0.1, -0.05) is 0 Å². The van der Waals surface area contributed by atoms with Crippen molar-refractivity contribution in [1.29, 1.82) is 0 Å². The maximum Gasteiger partial charge on any atom is 0.264 e. The minimum atomic E-state index is -3.75. The lowest BCUT2D eigenvalue weighted by Crippen LogP contribution is -2.48. The van der Waals surface area contributed by atoms with E-state index >= 15 is 0 Å². The highest BCUT2D eigenvalue weighted by molar-refractivity contribution is 7.92. The van der Waals surface area contributed by atoms with Crippen LogP contribution in [0, 0.1) is 5.82 Å². The number of methoxy groups -OCH3 is 1. The number of sulfonamides is 1. The van der Waals surface area contributed by atoms with Crippen LogP contribution in [0.2, 0.25) is 0 Å². The molecule has 4 rings (SSSR count). The summed E-state index contributed by atoms with van der Waals surface area (Å²) in [7, 11) is -0.757. The highest BCUT2D eigenvalue weighted by Gasteiger charge is 2.24. The second-order valence-corrected chi connectivity index (χ2v) is 9.92. The Hall–Kier alpha value is -3.59. The van der Waals surface area contributed by atoms with Crippen LogP contribution in [-0.4, -0.2) is 59.6 Å². The summed E-state index contributed by atoms with van der Waals surface area (Å²) in [5, 5.41) is 0. The van der Waals surface area contributed by atoms with Gasteiger partial charge in [-0.05, 0) is 72.8 Å². The van der Waals surface area contributed by atoms with Crippen molar-refractivity contribution in [2.45, 2.75) is 4.90 Å². The standard InChI is InChI=1S/C25H26FN3O4S/c1-27(34(31,32)24-13-11-23(33-2)12-14-24)21-7-3-19(4-8-21)25(30)29-17-15-28(16-18-29)22-9-5-20(26)6-10-22/h3-14H,15-18H2,1-2H3. The van der Waals surface area contributed by atoms with Gasteiger partial charge in [-0.15, -0.1) is 0 Å². The Labute approximate surface area is 199 Å². The summed E-state index contributed by atoms with van der Waals surface area (Å²) >= 11 is 0. The molecule has 0 N–H and O–H groups in total. The number of hydrogen-bond acceptors (Lipinski definition) is 5. The zero-order valence-corrected chi connectivity index (χ0v) is 19.8. The van der Waals surface area contributed by atoms with Crippen LogP contribution in [0.1, 0.15) is 10.4 Å². The van der Waals surface area contributed by atoms with E-state index in [2.05, 4.69) is 4.90 Å². The highest BCUT2D eigenvalue weighted by Crippen LogP contribution is 2.25. The number of halogens is 1. The molecule has 34 heavy (non-hydrogen) atoms. The van der Waals surface area contributed by atoms with Crippen LogP contribution < -0.4 is 13.9 Å². The molecule has 7 nitrogen and oxygen atoms in total. The number of amides is 1. The third-order valence-corrected chi connectivity index (χ3v) is 7.75. The quantitative estimate of drug-likeness (QED) is 0.536. The fourth-order valence-corrected chi connectivity index (χ4v) is 5.06. The SMILES string of the molecule is COc1ccc(S(=O)(=O)N(C)c2ccc(C(=O)N3CCN(c4ccc(F)cc4)CC3)cc2)cc1. The number of carbonyl (C=O) groups excluding carboxylic acids is 1. The minimum absolute atomic E-state index is 0.106. The minimum Gasteiger partial charge on any atom is -0.497 e. The summed E-state index contributed by atoms with van der Waals surface area (Å²) in [5.74, 6) is 0.192. The smallest absolute Gasteiger partial charge is 0.264 e. The molecule has 1 fully saturated rings. The van der Waals surface area contributed by atoms with E-state index in [0.717, 1.165) is 5.69 Å².